The van der Waals surface area contributed by atoms with Crippen molar-refractivity contribution in [3.05, 3.63) is 242 Å². The van der Waals surface area contributed by atoms with E-state index in [4.69, 9.17) is 7.16 Å². The van der Waals surface area contributed by atoms with Crippen LogP contribution in [0.2, 0.25) is 0 Å². The molecule has 0 aliphatic rings. The first-order chi connectivity index (χ1) is 34.7. The van der Waals surface area contributed by atoms with E-state index in [0.717, 1.165) is 75.6 Å². The normalized spacial score (nSPS) is 13.6. The SMILES string of the molecule is [2H]c1c([2H])c([2H])c2c(c1[2H])c1c(-n3c4ccccc4c4c([Si](c5ccccc5)(c5ccccc5)c5ccc6oc7ccccc7c6c5)cccc43)c([2H])c([2H])c([2H])c1n2-c1cccc(-c2ccccc2)c1. The van der Waals surface area contributed by atoms with Crippen molar-refractivity contribution >= 4 is 94.4 Å². The third-order valence-corrected chi connectivity index (χ3v) is 17.8. The molecule has 0 aliphatic carbocycles. The molecule has 13 aromatic rings. The molecule has 0 fully saturated rings. The van der Waals surface area contributed by atoms with Crippen LogP contribution in [-0.2, 0) is 0 Å². The van der Waals surface area contributed by atoms with Crippen LogP contribution in [0.15, 0.2) is 247 Å². The molecule has 300 valence electrons. The summed E-state index contributed by atoms with van der Waals surface area (Å²) in [7, 11) is -3.36. The van der Waals surface area contributed by atoms with Crippen molar-refractivity contribution in [2.45, 2.75) is 0 Å². The van der Waals surface area contributed by atoms with Gasteiger partial charge in [0.25, 0.3) is 0 Å². The monoisotopic (exact) mass is 839 g/mol. The van der Waals surface area contributed by atoms with Crippen molar-refractivity contribution in [3.8, 4) is 22.5 Å². The Morgan fingerprint density at radius 3 is 1.83 bits per heavy atom. The molecular weight excluding hydrogens is 793 g/mol. The second-order valence-electron chi connectivity index (χ2n) is 16.3. The summed E-state index contributed by atoms with van der Waals surface area (Å²) >= 11 is 0. The molecule has 64 heavy (non-hydrogen) atoms. The minimum Gasteiger partial charge on any atom is -0.456 e. The van der Waals surface area contributed by atoms with E-state index in [-0.39, 0.29) is 52.3 Å². The molecule has 0 saturated heterocycles. The maximum Gasteiger partial charge on any atom is 0.180 e. The van der Waals surface area contributed by atoms with Gasteiger partial charge in [-0.05, 0) is 86.4 Å². The average Bonchev–Trinajstić information content (AvgIpc) is 4.09. The lowest BCUT2D eigenvalue weighted by Gasteiger charge is -2.35. The summed E-state index contributed by atoms with van der Waals surface area (Å²) in [5, 5.41) is 8.95. The standard InChI is InChI=1S/C60H40N2OSi/c1-4-19-41(20-5-1)42-21-16-22-43(39-42)61-51-30-13-10-28-48(51)59-53(61)32-17-33-54(59)62-52-31-14-11-29-49(52)60-55(62)34-18-36-58(60)64(44-23-6-2-7-24-44,45-25-8-3-9-26-45)46-37-38-57-50(40-46)47-27-12-15-35-56(47)63-57/h1-40H/i10D,13D,17D,28D,30D,32D,33D. The molecule has 4 heteroatoms. The third kappa shape index (κ3) is 5.33. The molecule has 3 aromatic heterocycles. The molecule has 0 saturated carbocycles. The van der Waals surface area contributed by atoms with Crippen LogP contribution < -0.4 is 20.7 Å². The van der Waals surface area contributed by atoms with Gasteiger partial charge in [0.05, 0.1) is 37.3 Å². The molecule has 0 spiro atoms. The van der Waals surface area contributed by atoms with Crippen LogP contribution >= 0.6 is 0 Å². The highest BCUT2D eigenvalue weighted by atomic mass is 28.3. The first kappa shape index (κ1) is 30.0. The first-order valence-corrected chi connectivity index (χ1v) is 23.4. The Bertz CT molecular complexity index is 4280. The van der Waals surface area contributed by atoms with Gasteiger partial charge in [-0.1, -0.05) is 188 Å². The van der Waals surface area contributed by atoms with Gasteiger partial charge in [0.2, 0.25) is 0 Å². The van der Waals surface area contributed by atoms with E-state index in [1.54, 1.807) is 4.57 Å². The van der Waals surface area contributed by atoms with E-state index >= 15 is 0 Å². The van der Waals surface area contributed by atoms with Gasteiger partial charge in [-0.3, -0.25) is 0 Å². The zero-order valence-electron chi connectivity index (χ0n) is 41.4. The number of aromatic nitrogens is 2. The third-order valence-electron chi connectivity index (χ3n) is 13.0. The molecular formula is C60H40N2OSi. The van der Waals surface area contributed by atoms with Crippen LogP contribution in [-0.4, -0.2) is 17.2 Å². The predicted molar refractivity (Wildman–Crippen MR) is 271 cm³/mol. The fourth-order valence-corrected chi connectivity index (χ4v) is 15.3. The highest BCUT2D eigenvalue weighted by Crippen LogP contribution is 2.40. The van der Waals surface area contributed by atoms with Gasteiger partial charge in [-0.2, -0.15) is 0 Å². The summed E-state index contributed by atoms with van der Waals surface area (Å²) in [6, 6.07) is 65.9. The van der Waals surface area contributed by atoms with Gasteiger partial charge in [-0.15, -0.1) is 0 Å². The van der Waals surface area contributed by atoms with Crippen molar-refractivity contribution in [3.63, 3.8) is 0 Å². The van der Waals surface area contributed by atoms with Crippen molar-refractivity contribution in [1.82, 2.24) is 9.13 Å². The van der Waals surface area contributed by atoms with Crippen molar-refractivity contribution in [1.29, 1.82) is 0 Å². The highest BCUT2D eigenvalue weighted by molar-refractivity contribution is 7.21. The van der Waals surface area contributed by atoms with Gasteiger partial charge in [-0.25, -0.2) is 0 Å². The molecule has 0 atom stereocenters. The van der Waals surface area contributed by atoms with Gasteiger partial charge in [0.1, 0.15) is 11.2 Å². The van der Waals surface area contributed by atoms with Crippen LogP contribution in [0.4, 0.5) is 0 Å². The van der Waals surface area contributed by atoms with Gasteiger partial charge in [0.15, 0.2) is 8.07 Å². The average molecular weight is 840 g/mol. The lowest BCUT2D eigenvalue weighted by molar-refractivity contribution is 0.669. The quantitative estimate of drug-likeness (QED) is 0.116. The van der Waals surface area contributed by atoms with Crippen LogP contribution in [0.1, 0.15) is 9.60 Å². The molecule has 0 bridgehead atoms. The summed E-state index contributed by atoms with van der Waals surface area (Å²) in [5.74, 6) is 0. The topological polar surface area (TPSA) is 23.0 Å². The summed E-state index contributed by atoms with van der Waals surface area (Å²) in [5.41, 5.74) is 6.13. The summed E-state index contributed by atoms with van der Waals surface area (Å²) in [6.07, 6.45) is 0. The zero-order valence-corrected chi connectivity index (χ0v) is 35.4. The van der Waals surface area contributed by atoms with Crippen molar-refractivity contribution in [2.24, 2.45) is 0 Å². The van der Waals surface area contributed by atoms with Crippen LogP contribution in [0.3, 0.4) is 0 Å². The molecule has 3 nitrogen and oxygen atoms in total. The molecule has 0 amide bonds. The van der Waals surface area contributed by atoms with E-state index in [0.29, 0.717) is 11.1 Å². The Morgan fingerprint density at radius 2 is 1.02 bits per heavy atom. The second-order valence-corrected chi connectivity index (χ2v) is 20.0. The predicted octanol–water partition coefficient (Wildman–Crippen LogP) is 12.8. The lowest BCUT2D eigenvalue weighted by atomic mass is 10.1. The molecule has 0 N–H and O–H groups in total. The molecule has 0 unspecified atom stereocenters. The molecule has 0 radical (unpaired) electrons. The molecule has 10 aromatic carbocycles. The van der Waals surface area contributed by atoms with Crippen molar-refractivity contribution in [2.75, 3.05) is 0 Å². The van der Waals surface area contributed by atoms with Crippen LogP contribution in [0.25, 0.3) is 88.1 Å². The Kier molecular flexibility index (Phi) is 6.77. The minimum absolute atomic E-state index is 0.166. The number of hydrogen-bond donors (Lipinski definition) is 0. The van der Waals surface area contributed by atoms with Gasteiger partial charge < -0.3 is 13.6 Å². The summed E-state index contributed by atoms with van der Waals surface area (Å²) in [6.45, 7) is 0. The first-order valence-electron chi connectivity index (χ1n) is 24.9. The number of furan rings is 1. The van der Waals surface area contributed by atoms with Gasteiger partial charge >= 0.3 is 0 Å². The smallest absolute Gasteiger partial charge is 0.180 e. The van der Waals surface area contributed by atoms with E-state index in [2.05, 4.69) is 91.0 Å². The van der Waals surface area contributed by atoms with Crippen molar-refractivity contribution < 1.29 is 14.0 Å². The zero-order chi connectivity index (χ0) is 48.3. The maximum absolute atomic E-state index is 9.98. The van der Waals surface area contributed by atoms with Gasteiger partial charge in [0, 0.05) is 38.0 Å². The number of fused-ring (bicyclic) bond motifs is 9. The fourth-order valence-electron chi connectivity index (χ4n) is 10.3. The summed E-state index contributed by atoms with van der Waals surface area (Å²) in [4.78, 5) is 0. The van der Waals surface area contributed by atoms with Crippen LogP contribution in [0.5, 0.6) is 0 Å². The second kappa shape index (κ2) is 14.5. The molecule has 13 rings (SSSR count). The number of para-hydroxylation sites is 3. The van der Waals surface area contributed by atoms with E-state index < -0.39 is 20.2 Å². The molecule has 3 heterocycles. The maximum atomic E-state index is 9.98. The minimum atomic E-state index is -3.36. The lowest BCUT2D eigenvalue weighted by Crippen LogP contribution is -2.74. The Balaban J connectivity index is 1.20. The number of hydrogen-bond acceptors (Lipinski definition) is 1. The number of rotatable bonds is 7. The van der Waals surface area contributed by atoms with Crippen LogP contribution in [0, 0.1) is 0 Å². The van der Waals surface area contributed by atoms with E-state index in [1.165, 1.54) is 0 Å². The van der Waals surface area contributed by atoms with E-state index in [1.807, 2.05) is 114 Å². The Labute approximate surface area is 381 Å². The fraction of sp³-hybridized carbons (Fsp3) is 0. The Hall–Kier alpha value is -8.18. The van der Waals surface area contributed by atoms with E-state index in [9.17, 15) is 6.85 Å². The number of nitrogens with zero attached hydrogens (tertiary/aromatic N) is 2. The summed E-state index contributed by atoms with van der Waals surface area (Å²) < 4.78 is 76.5. The number of benzene rings is 10. The largest absolute Gasteiger partial charge is 0.456 e. The Morgan fingerprint density at radius 1 is 0.375 bits per heavy atom. The highest BCUT2D eigenvalue weighted by Gasteiger charge is 2.43. The molecule has 0 aliphatic heterocycles.